The molecule has 0 spiro atoms. The molecule has 0 radical (unpaired) electrons. The van der Waals surface area contributed by atoms with Crippen LogP contribution in [-0.4, -0.2) is 34.3 Å². The molecule has 2 aliphatic rings. The summed E-state index contributed by atoms with van der Waals surface area (Å²) in [7, 11) is 0. The van der Waals surface area contributed by atoms with Crippen LogP contribution in [0.3, 0.4) is 0 Å². The van der Waals surface area contributed by atoms with Crippen molar-refractivity contribution in [3.8, 4) is 0 Å². The molecule has 1 aliphatic heterocycles. The Kier molecular flexibility index (Phi) is 5.77. The van der Waals surface area contributed by atoms with Gasteiger partial charge in [-0.2, -0.15) is 0 Å². The molecule has 1 aromatic rings. The zero-order valence-electron chi connectivity index (χ0n) is 15.5. The first-order valence-electron chi connectivity index (χ1n) is 9.49. The summed E-state index contributed by atoms with van der Waals surface area (Å²) >= 11 is 1.69. The van der Waals surface area contributed by atoms with Crippen molar-refractivity contribution < 1.29 is 9.59 Å². The van der Waals surface area contributed by atoms with Gasteiger partial charge in [-0.1, -0.05) is 26.7 Å². The third-order valence-electron chi connectivity index (χ3n) is 5.41. The number of likely N-dealkylation sites (tertiary alicyclic amines) is 1. The molecule has 2 fully saturated rings. The molecular formula is C19H29N3O2S. The average molecular weight is 364 g/mol. The van der Waals surface area contributed by atoms with Crippen LogP contribution in [0.1, 0.15) is 73.9 Å². The fourth-order valence-electron chi connectivity index (χ4n) is 3.83. The Balaban J connectivity index is 1.56. The van der Waals surface area contributed by atoms with E-state index in [1.807, 2.05) is 11.8 Å². The maximum atomic E-state index is 12.6. The Morgan fingerprint density at radius 2 is 2.04 bits per heavy atom. The fraction of sp³-hybridized carbons (Fsp3) is 0.737. The van der Waals surface area contributed by atoms with Gasteiger partial charge in [-0.3, -0.25) is 9.59 Å². The molecule has 1 aromatic heterocycles. The van der Waals surface area contributed by atoms with E-state index in [4.69, 9.17) is 0 Å². The summed E-state index contributed by atoms with van der Waals surface area (Å²) in [5.41, 5.74) is 1.01. The van der Waals surface area contributed by atoms with Crippen LogP contribution in [0, 0.1) is 12.8 Å². The van der Waals surface area contributed by atoms with Gasteiger partial charge in [0.15, 0.2) is 0 Å². The number of piperidine rings is 1. The molecule has 0 aromatic carbocycles. The number of amides is 2. The van der Waals surface area contributed by atoms with E-state index in [0.29, 0.717) is 37.9 Å². The lowest BCUT2D eigenvalue weighted by Gasteiger charge is -2.36. The molecule has 1 unspecified atom stereocenters. The molecule has 138 valence electrons. The SMILES string of the molecule is Cc1nc(C(C)C)sc1CNC(=O)C1CCC(=O)N(C2CCCC2)C1. The van der Waals surface area contributed by atoms with Gasteiger partial charge in [0, 0.05) is 29.8 Å². The largest absolute Gasteiger partial charge is 0.351 e. The number of thiazole rings is 1. The quantitative estimate of drug-likeness (QED) is 0.872. The van der Waals surface area contributed by atoms with Gasteiger partial charge in [-0.25, -0.2) is 4.98 Å². The Hall–Kier alpha value is -1.43. The van der Waals surface area contributed by atoms with E-state index in [0.717, 1.165) is 28.4 Å². The highest BCUT2D eigenvalue weighted by molar-refractivity contribution is 7.11. The minimum atomic E-state index is -0.0731. The number of rotatable bonds is 5. The van der Waals surface area contributed by atoms with Gasteiger partial charge in [-0.05, 0) is 26.2 Å². The van der Waals surface area contributed by atoms with Crippen molar-refractivity contribution in [2.24, 2.45) is 5.92 Å². The van der Waals surface area contributed by atoms with Gasteiger partial charge in [0.2, 0.25) is 11.8 Å². The lowest BCUT2D eigenvalue weighted by atomic mass is 9.95. The number of carbonyl (C=O) groups excluding carboxylic acids is 2. The van der Waals surface area contributed by atoms with E-state index in [2.05, 4.69) is 24.1 Å². The van der Waals surface area contributed by atoms with E-state index in [1.54, 1.807) is 11.3 Å². The number of aryl methyl sites for hydroxylation is 1. The third-order valence-corrected chi connectivity index (χ3v) is 6.86. The zero-order chi connectivity index (χ0) is 18.0. The van der Waals surface area contributed by atoms with Gasteiger partial charge in [0.25, 0.3) is 0 Å². The molecule has 5 nitrogen and oxygen atoms in total. The summed E-state index contributed by atoms with van der Waals surface area (Å²) in [4.78, 5) is 32.6. The van der Waals surface area contributed by atoms with E-state index in [1.165, 1.54) is 12.8 Å². The monoisotopic (exact) mass is 363 g/mol. The second-order valence-electron chi connectivity index (χ2n) is 7.65. The zero-order valence-corrected chi connectivity index (χ0v) is 16.3. The Morgan fingerprint density at radius 1 is 1.32 bits per heavy atom. The molecule has 2 heterocycles. The van der Waals surface area contributed by atoms with Gasteiger partial charge in [0.05, 0.1) is 23.2 Å². The first-order chi connectivity index (χ1) is 12.0. The predicted molar refractivity (Wildman–Crippen MR) is 99.5 cm³/mol. The molecule has 0 bridgehead atoms. The van der Waals surface area contributed by atoms with Gasteiger partial charge >= 0.3 is 0 Å². The molecule has 1 N–H and O–H groups in total. The van der Waals surface area contributed by atoms with E-state index in [-0.39, 0.29) is 17.7 Å². The van der Waals surface area contributed by atoms with Crippen LogP contribution in [0.4, 0.5) is 0 Å². The summed E-state index contributed by atoms with van der Waals surface area (Å²) < 4.78 is 0. The minimum Gasteiger partial charge on any atom is -0.351 e. The second-order valence-corrected chi connectivity index (χ2v) is 8.77. The third kappa shape index (κ3) is 4.22. The van der Waals surface area contributed by atoms with Crippen LogP contribution in [0.25, 0.3) is 0 Å². The van der Waals surface area contributed by atoms with Crippen molar-refractivity contribution in [3.05, 3.63) is 15.6 Å². The second kappa shape index (κ2) is 7.85. The van der Waals surface area contributed by atoms with Crippen LogP contribution >= 0.6 is 11.3 Å². The molecule has 2 amide bonds. The molecule has 1 atom stereocenters. The molecule has 6 heteroatoms. The molecule has 1 saturated heterocycles. The first-order valence-corrected chi connectivity index (χ1v) is 10.3. The number of hydrogen-bond acceptors (Lipinski definition) is 4. The fourth-order valence-corrected chi connectivity index (χ4v) is 4.84. The maximum Gasteiger partial charge on any atom is 0.225 e. The number of nitrogens with zero attached hydrogens (tertiary/aromatic N) is 2. The van der Waals surface area contributed by atoms with E-state index >= 15 is 0 Å². The van der Waals surface area contributed by atoms with Crippen molar-refractivity contribution in [2.45, 2.75) is 77.8 Å². The highest BCUT2D eigenvalue weighted by Gasteiger charge is 2.35. The molecule has 1 aliphatic carbocycles. The summed E-state index contributed by atoms with van der Waals surface area (Å²) in [5, 5.41) is 4.20. The standard InChI is InChI=1S/C19H29N3O2S/c1-12(2)19-21-13(3)16(25-19)10-20-18(24)14-8-9-17(23)22(11-14)15-6-4-5-7-15/h12,14-15H,4-11H2,1-3H3,(H,20,24). The van der Waals surface area contributed by atoms with Crippen LogP contribution in [-0.2, 0) is 16.1 Å². The van der Waals surface area contributed by atoms with Crippen LogP contribution < -0.4 is 5.32 Å². The predicted octanol–water partition coefficient (Wildman–Crippen LogP) is 3.37. The van der Waals surface area contributed by atoms with E-state index in [9.17, 15) is 9.59 Å². The van der Waals surface area contributed by atoms with Crippen LogP contribution in [0.5, 0.6) is 0 Å². The average Bonchev–Trinajstić information content (AvgIpc) is 3.23. The van der Waals surface area contributed by atoms with Gasteiger partial charge in [0.1, 0.15) is 0 Å². The summed E-state index contributed by atoms with van der Waals surface area (Å²) in [6, 6.07) is 0.362. The molecular weight excluding hydrogens is 334 g/mol. The van der Waals surface area contributed by atoms with Crippen LogP contribution in [0.2, 0.25) is 0 Å². The highest BCUT2D eigenvalue weighted by atomic mass is 32.1. The molecule has 1 saturated carbocycles. The smallest absolute Gasteiger partial charge is 0.225 e. The lowest BCUT2D eigenvalue weighted by Crippen LogP contribution is -2.49. The number of hydrogen-bond donors (Lipinski definition) is 1. The summed E-state index contributed by atoms with van der Waals surface area (Å²) in [6.07, 6.45) is 5.77. The van der Waals surface area contributed by atoms with Gasteiger partial charge < -0.3 is 10.2 Å². The maximum absolute atomic E-state index is 12.6. The van der Waals surface area contributed by atoms with Crippen molar-refractivity contribution in [2.75, 3.05) is 6.54 Å². The Bertz CT molecular complexity index is 635. The van der Waals surface area contributed by atoms with Crippen molar-refractivity contribution in [1.82, 2.24) is 15.2 Å². The number of aromatic nitrogens is 1. The van der Waals surface area contributed by atoms with Crippen molar-refractivity contribution in [1.29, 1.82) is 0 Å². The van der Waals surface area contributed by atoms with Gasteiger partial charge in [-0.15, -0.1) is 11.3 Å². The first kappa shape index (κ1) is 18.4. The minimum absolute atomic E-state index is 0.0731. The number of nitrogens with one attached hydrogen (secondary N) is 1. The van der Waals surface area contributed by atoms with Crippen molar-refractivity contribution >= 4 is 23.2 Å². The summed E-state index contributed by atoms with van der Waals surface area (Å²) in [5.74, 6) is 0.652. The normalized spacial score (nSPS) is 22.0. The highest BCUT2D eigenvalue weighted by Crippen LogP contribution is 2.29. The lowest BCUT2D eigenvalue weighted by molar-refractivity contribution is -0.140. The summed E-state index contributed by atoms with van der Waals surface area (Å²) in [6.45, 7) is 7.41. The van der Waals surface area contributed by atoms with Crippen LogP contribution in [0.15, 0.2) is 0 Å². The van der Waals surface area contributed by atoms with E-state index < -0.39 is 0 Å². The number of carbonyl (C=O) groups is 2. The molecule has 3 rings (SSSR count). The molecule has 25 heavy (non-hydrogen) atoms. The van der Waals surface area contributed by atoms with Crippen molar-refractivity contribution in [3.63, 3.8) is 0 Å². The topological polar surface area (TPSA) is 62.3 Å². The Morgan fingerprint density at radius 3 is 2.68 bits per heavy atom. The Labute approximate surface area is 154 Å².